The Hall–Kier alpha value is -1.40. The van der Waals surface area contributed by atoms with Crippen LogP contribution in [0.5, 0.6) is 5.88 Å². The second-order valence-electron chi connectivity index (χ2n) is 3.46. The Balaban J connectivity index is 2.82. The molecule has 90 valence electrons. The lowest BCUT2D eigenvalue weighted by atomic mass is 10.4. The summed E-state index contributed by atoms with van der Waals surface area (Å²) in [5.74, 6) is 6.87. The SMILES string of the molecule is CCOCc1nc(NN)cc(OC(C)C)n1. The number of hydrazine groups is 1. The highest BCUT2D eigenvalue weighted by Crippen LogP contribution is 2.14. The number of hydrogen-bond donors (Lipinski definition) is 2. The van der Waals surface area contributed by atoms with E-state index in [4.69, 9.17) is 15.3 Å². The molecule has 1 aromatic heterocycles. The molecule has 0 aliphatic carbocycles. The number of nitrogens with zero attached hydrogens (tertiary/aromatic N) is 2. The van der Waals surface area contributed by atoms with Crippen molar-refractivity contribution in [3.8, 4) is 5.88 Å². The van der Waals surface area contributed by atoms with Gasteiger partial charge >= 0.3 is 0 Å². The molecule has 0 saturated heterocycles. The van der Waals surface area contributed by atoms with E-state index in [1.165, 1.54) is 0 Å². The van der Waals surface area contributed by atoms with Gasteiger partial charge in [0.25, 0.3) is 0 Å². The highest BCUT2D eigenvalue weighted by Gasteiger charge is 2.06. The monoisotopic (exact) mass is 226 g/mol. The van der Waals surface area contributed by atoms with Gasteiger partial charge in [-0.3, -0.25) is 0 Å². The van der Waals surface area contributed by atoms with Gasteiger partial charge in [-0.1, -0.05) is 0 Å². The lowest BCUT2D eigenvalue weighted by molar-refractivity contribution is 0.127. The van der Waals surface area contributed by atoms with E-state index in [1.807, 2.05) is 20.8 Å². The number of aromatic nitrogens is 2. The van der Waals surface area contributed by atoms with Gasteiger partial charge in [-0.25, -0.2) is 10.8 Å². The zero-order chi connectivity index (χ0) is 12.0. The minimum Gasteiger partial charge on any atom is -0.475 e. The normalized spacial score (nSPS) is 10.6. The van der Waals surface area contributed by atoms with Crippen molar-refractivity contribution in [2.45, 2.75) is 33.5 Å². The van der Waals surface area contributed by atoms with Crippen LogP contribution in [-0.2, 0) is 11.3 Å². The average Bonchev–Trinajstić information content (AvgIpc) is 2.25. The molecule has 0 radical (unpaired) electrons. The first-order valence-corrected chi connectivity index (χ1v) is 5.24. The predicted molar refractivity (Wildman–Crippen MR) is 60.9 cm³/mol. The van der Waals surface area contributed by atoms with E-state index in [1.54, 1.807) is 6.07 Å². The second-order valence-corrected chi connectivity index (χ2v) is 3.46. The van der Waals surface area contributed by atoms with Crippen LogP contribution in [0.2, 0.25) is 0 Å². The van der Waals surface area contributed by atoms with Crippen LogP contribution in [0.3, 0.4) is 0 Å². The van der Waals surface area contributed by atoms with E-state index in [0.29, 0.717) is 30.7 Å². The van der Waals surface area contributed by atoms with Gasteiger partial charge in [-0.2, -0.15) is 4.98 Å². The molecule has 16 heavy (non-hydrogen) atoms. The summed E-state index contributed by atoms with van der Waals surface area (Å²) in [6.07, 6.45) is 0.0560. The quantitative estimate of drug-likeness (QED) is 0.558. The van der Waals surface area contributed by atoms with Crippen LogP contribution >= 0.6 is 0 Å². The van der Waals surface area contributed by atoms with E-state index >= 15 is 0 Å². The van der Waals surface area contributed by atoms with Crippen LogP contribution in [0.25, 0.3) is 0 Å². The number of anilines is 1. The molecule has 0 bridgehead atoms. The van der Waals surface area contributed by atoms with Crippen LogP contribution in [0, 0.1) is 0 Å². The summed E-state index contributed by atoms with van der Waals surface area (Å²) in [5, 5.41) is 0. The highest BCUT2D eigenvalue weighted by molar-refractivity contribution is 5.36. The van der Waals surface area contributed by atoms with E-state index in [2.05, 4.69) is 15.4 Å². The number of rotatable bonds is 6. The van der Waals surface area contributed by atoms with Crippen molar-refractivity contribution in [1.29, 1.82) is 0 Å². The molecule has 0 spiro atoms. The average molecular weight is 226 g/mol. The summed E-state index contributed by atoms with van der Waals surface area (Å²) >= 11 is 0. The number of ether oxygens (including phenoxy) is 2. The molecule has 1 aromatic rings. The van der Waals surface area contributed by atoms with Crippen molar-refractivity contribution in [3.63, 3.8) is 0 Å². The molecule has 0 aliphatic heterocycles. The topological polar surface area (TPSA) is 82.3 Å². The van der Waals surface area contributed by atoms with Crippen molar-refractivity contribution < 1.29 is 9.47 Å². The fourth-order valence-corrected chi connectivity index (χ4v) is 1.11. The molecule has 6 heteroatoms. The molecular weight excluding hydrogens is 208 g/mol. The summed E-state index contributed by atoms with van der Waals surface area (Å²) < 4.78 is 10.7. The first-order chi connectivity index (χ1) is 7.65. The lowest BCUT2D eigenvalue weighted by Gasteiger charge is -2.11. The van der Waals surface area contributed by atoms with Gasteiger partial charge in [0, 0.05) is 12.7 Å². The van der Waals surface area contributed by atoms with Gasteiger partial charge in [0.2, 0.25) is 5.88 Å². The van der Waals surface area contributed by atoms with Crippen molar-refractivity contribution in [3.05, 3.63) is 11.9 Å². The molecule has 0 fully saturated rings. The maximum atomic E-state index is 5.48. The van der Waals surface area contributed by atoms with E-state index in [9.17, 15) is 0 Å². The molecule has 0 amide bonds. The zero-order valence-electron chi connectivity index (χ0n) is 9.86. The summed E-state index contributed by atoms with van der Waals surface area (Å²) in [7, 11) is 0. The molecule has 0 aliphatic rings. The van der Waals surface area contributed by atoms with E-state index in [0.717, 1.165) is 0 Å². The molecule has 0 saturated carbocycles. The van der Waals surface area contributed by atoms with Crippen LogP contribution in [0.4, 0.5) is 5.82 Å². The number of nitrogens with two attached hydrogens (primary N) is 1. The smallest absolute Gasteiger partial charge is 0.219 e. The van der Waals surface area contributed by atoms with Crippen molar-refractivity contribution in [1.82, 2.24) is 9.97 Å². The van der Waals surface area contributed by atoms with E-state index in [-0.39, 0.29) is 6.10 Å². The Morgan fingerprint density at radius 1 is 1.44 bits per heavy atom. The van der Waals surface area contributed by atoms with Crippen LogP contribution in [-0.4, -0.2) is 22.7 Å². The number of hydrogen-bond acceptors (Lipinski definition) is 6. The standard InChI is InChI=1S/C10H18N4O2/c1-4-15-6-9-12-8(14-11)5-10(13-9)16-7(2)3/h5,7H,4,6,11H2,1-3H3,(H,12,13,14). The first-order valence-electron chi connectivity index (χ1n) is 5.24. The molecule has 0 unspecified atom stereocenters. The molecule has 6 nitrogen and oxygen atoms in total. The lowest BCUT2D eigenvalue weighted by Crippen LogP contribution is -2.13. The maximum absolute atomic E-state index is 5.48. The predicted octanol–water partition coefficient (Wildman–Crippen LogP) is 1.09. The van der Waals surface area contributed by atoms with Crippen LogP contribution < -0.4 is 16.0 Å². The van der Waals surface area contributed by atoms with E-state index < -0.39 is 0 Å². The van der Waals surface area contributed by atoms with Crippen molar-refractivity contribution in [2.75, 3.05) is 12.0 Å². The summed E-state index contributed by atoms with van der Waals surface area (Å²) in [6.45, 7) is 6.74. The van der Waals surface area contributed by atoms with Gasteiger partial charge in [0.1, 0.15) is 12.4 Å². The zero-order valence-corrected chi connectivity index (χ0v) is 9.86. The van der Waals surface area contributed by atoms with Gasteiger partial charge < -0.3 is 14.9 Å². The summed E-state index contributed by atoms with van der Waals surface area (Å²) in [4.78, 5) is 8.35. The third-order valence-corrected chi connectivity index (χ3v) is 1.69. The maximum Gasteiger partial charge on any atom is 0.219 e. The fourth-order valence-electron chi connectivity index (χ4n) is 1.11. The molecule has 3 N–H and O–H groups in total. The minimum atomic E-state index is 0.0560. The Morgan fingerprint density at radius 2 is 2.19 bits per heavy atom. The molecule has 0 atom stereocenters. The third-order valence-electron chi connectivity index (χ3n) is 1.69. The summed E-state index contributed by atoms with van der Waals surface area (Å²) in [6, 6.07) is 1.65. The number of nitrogens with one attached hydrogen (secondary N) is 1. The largest absolute Gasteiger partial charge is 0.475 e. The first kappa shape index (κ1) is 12.7. The third kappa shape index (κ3) is 4.00. The minimum absolute atomic E-state index is 0.0560. The Morgan fingerprint density at radius 3 is 2.75 bits per heavy atom. The second kappa shape index (κ2) is 6.24. The van der Waals surface area contributed by atoms with Crippen LogP contribution in [0.1, 0.15) is 26.6 Å². The molecule has 1 heterocycles. The Kier molecular flexibility index (Phi) is 4.94. The van der Waals surface area contributed by atoms with Gasteiger partial charge in [0.15, 0.2) is 5.82 Å². The van der Waals surface area contributed by atoms with Gasteiger partial charge in [-0.15, -0.1) is 0 Å². The van der Waals surface area contributed by atoms with Gasteiger partial charge in [-0.05, 0) is 20.8 Å². The Bertz CT molecular complexity index is 331. The molecule has 0 aromatic carbocycles. The highest BCUT2D eigenvalue weighted by atomic mass is 16.5. The molecular formula is C10H18N4O2. The van der Waals surface area contributed by atoms with Crippen molar-refractivity contribution in [2.24, 2.45) is 5.84 Å². The van der Waals surface area contributed by atoms with Gasteiger partial charge in [0.05, 0.1) is 6.10 Å². The summed E-state index contributed by atoms with van der Waals surface area (Å²) in [5.41, 5.74) is 2.47. The fraction of sp³-hybridized carbons (Fsp3) is 0.600. The Labute approximate surface area is 95.1 Å². The molecule has 1 rings (SSSR count). The number of nitrogen functional groups attached to an aromatic ring is 1. The van der Waals surface area contributed by atoms with Crippen LogP contribution in [0.15, 0.2) is 6.07 Å². The van der Waals surface area contributed by atoms with Crippen molar-refractivity contribution >= 4 is 5.82 Å².